The molecule has 0 unspecified atom stereocenters. The topological polar surface area (TPSA) is 78.2 Å². The van der Waals surface area contributed by atoms with Gasteiger partial charge in [-0.1, -0.05) is 12.1 Å². The number of nitrogens with zero attached hydrogens (tertiary/aromatic N) is 2. The molecule has 18 heavy (non-hydrogen) atoms. The molecule has 2 amide bonds. The third-order valence-electron chi connectivity index (χ3n) is 2.79. The zero-order chi connectivity index (χ0) is 13.1. The van der Waals surface area contributed by atoms with Crippen molar-refractivity contribution in [2.45, 2.75) is 12.8 Å². The summed E-state index contributed by atoms with van der Waals surface area (Å²) in [5, 5.41) is 8.63. The minimum atomic E-state index is -0.304. The molecule has 1 saturated heterocycles. The summed E-state index contributed by atoms with van der Waals surface area (Å²) in [5.41, 5.74) is 0.848. The lowest BCUT2D eigenvalue weighted by molar-refractivity contribution is -0.137. The van der Waals surface area contributed by atoms with Crippen LogP contribution in [0.1, 0.15) is 28.8 Å². The van der Waals surface area contributed by atoms with E-state index < -0.39 is 0 Å². The zero-order valence-electron chi connectivity index (χ0n) is 9.55. The van der Waals surface area contributed by atoms with Crippen molar-refractivity contribution in [3.63, 3.8) is 0 Å². The first kappa shape index (κ1) is 12.0. The first-order chi connectivity index (χ1) is 8.61. The summed E-state index contributed by atoms with van der Waals surface area (Å²) in [7, 11) is 0. The molecule has 0 aromatic heterocycles. The molecule has 5 nitrogen and oxygen atoms in total. The maximum Gasteiger partial charge on any atom is 0.230 e. The highest BCUT2D eigenvalue weighted by Gasteiger charge is 2.30. The molecule has 1 fully saturated rings. The maximum atomic E-state index is 11.9. The second kappa shape index (κ2) is 4.80. The van der Waals surface area contributed by atoms with Crippen LogP contribution in [0.15, 0.2) is 24.3 Å². The van der Waals surface area contributed by atoms with E-state index in [0.29, 0.717) is 11.1 Å². The molecule has 1 aromatic carbocycles. The van der Waals surface area contributed by atoms with Gasteiger partial charge in [0.1, 0.15) is 0 Å². The number of amides is 2. The smallest absolute Gasteiger partial charge is 0.230 e. The van der Waals surface area contributed by atoms with Crippen molar-refractivity contribution in [1.82, 2.24) is 4.90 Å². The average Bonchev–Trinajstić information content (AvgIpc) is 2.70. The molecule has 0 spiro atoms. The number of imide groups is 1. The Morgan fingerprint density at radius 2 is 1.72 bits per heavy atom. The summed E-state index contributed by atoms with van der Waals surface area (Å²) in [5.74, 6) is -0.910. The number of rotatable bonds is 3. The van der Waals surface area contributed by atoms with Gasteiger partial charge in [0.15, 0.2) is 5.78 Å². The molecule has 5 heteroatoms. The minimum Gasteiger partial charge on any atom is -0.292 e. The number of likely N-dealkylation sites (tertiary alicyclic amines) is 1. The van der Waals surface area contributed by atoms with Crippen LogP contribution in [0.2, 0.25) is 0 Å². The Balaban J connectivity index is 2.10. The van der Waals surface area contributed by atoms with Crippen molar-refractivity contribution in [1.29, 1.82) is 5.26 Å². The largest absolute Gasteiger partial charge is 0.292 e. The summed E-state index contributed by atoms with van der Waals surface area (Å²) >= 11 is 0. The van der Waals surface area contributed by atoms with Crippen molar-refractivity contribution in [3.8, 4) is 6.07 Å². The van der Waals surface area contributed by atoms with Gasteiger partial charge in [-0.05, 0) is 12.1 Å². The summed E-state index contributed by atoms with van der Waals surface area (Å²) in [6.07, 6.45) is 0.360. The Morgan fingerprint density at radius 3 is 2.22 bits per heavy atom. The van der Waals surface area contributed by atoms with E-state index in [1.54, 1.807) is 0 Å². The monoisotopic (exact) mass is 242 g/mol. The number of benzene rings is 1. The third-order valence-corrected chi connectivity index (χ3v) is 2.79. The van der Waals surface area contributed by atoms with Crippen LogP contribution in [-0.2, 0) is 9.59 Å². The lowest BCUT2D eigenvalue weighted by Crippen LogP contribution is -2.34. The number of ketones is 1. The highest BCUT2D eigenvalue weighted by Crippen LogP contribution is 2.13. The van der Waals surface area contributed by atoms with Gasteiger partial charge in [0.25, 0.3) is 0 Å². The third kappa shape index (κ3) is 2.28. The molecule has 1 aromatic rings. The summed E-state index contributed by atoms with van der Waals surface area (Å²) < 4.78 is 0. The first-order valence-electron chi connectivity index (χ1n) is 5.48. The van der Waals surface area contributed by atoms with Crippen LogP contribution < -0.4 is 0 Å². The van der Waals surface area contributed by atoms with E-state index in [1.165, 1.54) is 24.3 Å². The normalized spacial score (nSPS) is 14.7. The van der Waals surface area contributed by atoms with Crippen LogP contribution in [-0.4, -0.2) is 29.0 Å². The molecule has 0 bridgehead atoms. The second-order valence-corrected chi connectivity index (χ2v) is 3.99. The molecule has 1 aliphatic heterocycles. The fourth-order valence-corrected chi connectivity index (χ4v) is 1.76. The van der Waals surface area contributed by atoms with Gasteiger partial charge in [0, 0.05) is 18.4 Å². The SMILES string of the molecule is N#Cc1ccc(C(=O)CN2C(=O)CCC2=O)cc1. The fourth-order valence-electron chi connectivity index (χ4n) is 1.76. The van der Waals surface area contributed by atoms with Gasteiger partial charge in [0.05, 0.1) is 18.2 Å². The Kier molecular flexibility index (Phi) is 3.20. The van der Waals surface area contributed by atoms with Gasteiger partial charge in [-0.3, -0.25) is 19.3 Å². The maximum absolute atomic E-state index is 11.9. The number of hydrogen-bond acceptors (Lipinski definition) is 4. The summed E-state index contributed by atoms with van der Waals surface area (Å²) in [6.45, 7) is -0.219. The van der Waals surface area contributed by atoms with E-state index in [1.807, 2.05) is 6.07 Å². The van der Waals surface area contributed by atoms with Crippen molar-refractivity contribution < 1.29 is 14.4 Å². The lowest BCUT2D eigenvalue weighted by Gasteiger charge is -2.12. The summed E-state index contributed by atoms with van der Waals surface area (Å²) in [6, 6.07) is 8.05. The molecule has 0 atom stereocenters. The molecule has 0 N–H and O–H groups in total. The molecular formula is C13H10N2O3. The van der Waals surface area contributed by atoms with Crippen LogP contribution in [0.5, 0.6) is 0 Å². The zero-order valence-corrected chi connectivity index (χ0v) is 9.55. The predicted molar refractivity (Wildman–Crippen MR) is 61.4 cm³/mol. The number of nitriles is 1. The van der Waals surface area contributed by atoms with Crippen LogP contribution in [0.4, 0.5) is 0 Å². The number of hydrogen-bond donors (Lipinski definition) is 0. The van der Waals surface area contributed by atoms with Gasteiger partial charge < -0.3 is 0 Å². The molecule has 2 rings (SSSR count). The van der Waals surface area contributed by atoms with Crippen molar-refractivity contribution in [2.24, 2.45) is 0 Å². The van der Waals surface area contributed by atoms with E-state index in [4.69, 9.17) is 5.26 Å². The van der Waals surface area contributed by atoms with Gasteiger partial charge in [0.2, 0.25) is 11.8 Å². The molecule has 1 aliphatic rings. The molecule has 1 heterocycles. The minimum absolute atomic E-state index is 0.180. The molecular weight excluding hydrogens is 232 g/mol. The van der Waals surface area contributed by atoms with Gasteiger partial charge >= 0.3 is 0 Å². The second-order valence-electron chi connectivity index (χ2n) is 3.99. The molecule has 0 saturated carbocycles. The first-order valence-corrected chi connectivity index (χ1v) is 5.48. The van der Waals surface area contributed by atoms with Crippen LogP contribution in [0, 0.1) is 11.3 Å². The number of Topliss-reactive ketones (excluding diaryl/α,β-unsaturated/α-hetero) is 1. The Hall–Kier alpha value is -2.48. The molecule has 0 aliphatic carbocycles. The number of carbonyl (C=O) groups excluding carboxylic acids is 3. The van der Waals surface area contributed by atoms with Gasteiger partial charge in [-0.25, -0.2) is 0 Å². The van der Waals surface area contributed by atoms with E-state index in [2.05, 4.69) is 0 Å². The molecule has 0 radical (unpaired) electrons. The van der Waals surface area contributed by atoms with E-state index in [0.717, 1.165) is 4.90 Å². The van der Waals surface area contributed by atoms with Crippen molar-refractivity contribution in [3.05, 3.63) is 35.4 Å². The summed E-state index contributed by atoms with van der Waals surface area (Å²) in [4.78, 5) is 35.6. The van der Waals surface area contributed by atoms with Crippen molar-refractivity contribution in [2.75, 3.05) is 6.54 Å². The van der Waals surface area contributed by atoms with E-state index in [-0.39, 0.29) is 37.0 Å². The van der Waals surface area contributed by atoms with Crippen molar-refractivity contribution >= 4 is 17.6 Å². The van der Waals surface area contributed by atoms with Gasteiger partial charge in [-0.2, -0.15) is 5.26 Å². The van der Waals surface area contributed by atoms with E-state index in [9.17, 15) is 14.4 Å². The van der Waals surface area contributed by atoms with Gasteiger partial charge in [-0.15, -0.1) is 0 Å². The van der Waals surface area contributed by atoms with E-state index >= 15 is 0 Å². The fraction of sp³-hybridized carbons (Fsp3) is 0.231. The Bertz CT molecular complexity index is 539. The lowest BCUT2D eigenvalue weighted by atomic mass is 10.1. The number of carbonyl (C=O) groups is 3. The Morgan fingerprint density at radius 1 is 1.17 bits per heavy atom. The molecule has 90 valence electrons. The standard InChI is InChI=1S/C13H10N2O3/c14-7-9-1-3-10(4-2-9)11(16)8-15-12(17)5-6-13(15)18/h1-4H,5-6,8H2. The van der Waals surface area contributed by atoms with Crippen LogP contribution >= 0.6 is 0 Å². The average molecular weight is 242 g/mol. The quantitative estimate of drug-likeness (QED) is 0.582. The highest BCUT2D eigenvalue weighted by atomic mass is 16.2. The van der Waals surface area contributed by atoms with Crippen LogP contribution in [0.25, 0.3) is 0 Å². The highest BCUT2D eigenvalue weighted by molar-refractivity contribution is 6.07. The Labute approximate surface area is 104 Å². The predicted octanol–water partition coefficient (Wildman–Crippen LogP) is 0.890. The van der Waals surface area contributed by atoms with Crippen LogP contribution in [0.3, 0.4) is 0 Å².